The van der Waals surface area contributed by atoms with Gasteiger partial charge in [-0.15, -0.1) is 11.8 Å². The molecule has 33 heavy (non-hydrogen) atoms. The summed E-state index contributed by atoms with van der Waals surface area (Å²) in [7, 11) is 0. The fourth-order valence-corrected chi connectivity index (χ4v) is 5.97. The van der Waals surface area contributed by atoms with Gasteiger partial charge in [0.1, 0.15) is 11.6 Å². The molecule has 10 heteroatoms. The van der Waals surface area contributed by atoms with Crippen molar-refractivity contribution < 1.29 is 31.1 Å². The summed E-state index contributed by atoms with van der Waals surface area (Å²) < 4.78 is 83.6. The Morgan fingerprint density at radius 2 is 1.61 bits per heavy atom. The first-order valence-corrected chi connectivity index (χ1v) is 11.8. The van der Waals surface area contributed by atoms with Crippen molar-refractivity contribution in [2.75, 3.05) is 11.5 Å². The Labute approximate surface area is 192 Å². The highest BCUT2D eigenvalue weighted by atomic mass is 32.2. The number of rotatable bonds is 6. The molecule has 2 bridgehead atoms. The number of thioether (sulfide) groups is 1. The zero-order valence-corrected chi connectivity index (χ0v) is 18.7. The van der Waals surface area contributed by atoms with Gasteiger partial charge in [-0.25, -0.2) is 4.98 Å². The molecule has 0 unspecified atom stereocenters. The summed E-state index contributed by atoms with van der Waals surface area (Å²) in [5.41, 5.74) is -1.51. The van der Waals surface area contributed by atoms with E-state index in [1.54, 1.807) is 0 Å². The number of hydrogen-bond donors (Lipinski definition) is 0. The van der Waals surface area contributed by atoms with Gasteiger partial charge in [-0.1, -0.05) is 6.92 Å². The van der Waals surface area contributed by atoms with Gasteiger partial charge in [0.2, 0.25) is 0 Å². The van der Waals surface area contributed by atoms with Gasteiger partial charge in [0.15, 0.2) is 0 Å². The van der Waals surface area contributed by atoms with Crippen molar-refractivity contribution >= 4 is 17.6 Å². The second-order valence-corrected chi connectivity index (χ2v) is 9.76. The molecule has 4 rings (SSSR count). The maximum atomic E-state index is 13.1. The van der Waals surface area contributed by atoms with Gasteiger partial charge in [0.05, 0.1) is 17.7 Å². The zero-order valence-electron chi connectivity index (χ0n) is 17.9. The van der Waals surface area contributed by atoms with E-state index in [1.807, 2.05) is 6.92 Å². The molecular weight excluding hydrogens is 466 g/mol. The number of piperidine rings is 1. The largest absolute Gasteiger partial charge is 0.492 e. The minimum atomic E-state index is -4.44. The van der Waals surface area contributed by atoms with Crippen molar-refractivity contribution in [2.24, 2.45) is 0 Å². The van der Waals surface area contributed by atoms with Gasteiger partial charge in [-0.3, -0.25) is 0 Å². The normalized spacial score (nSPS) is 23.1. The maximum absolute atomic E-state index is 13.1. The van der Waals surface area contributed by atoms with Crippen molar-refractivity contribution in [1.82, 2.24) is 4.98 Å². The summed E-state index contributed by atoms with van der Waals surface area (Å²) in [5.74, 6) is 0.788. The summed E-state index contributed by atoms with van der Waals surface area (Å²) in [4.78, 5) is 6.86. The molecule has 2 fully saturated rings. The fraction of sp³-hybridized carbons (Fsp3) is 0.522. The summed E-state index contributed by atoms with van der Waals surface area (Å²) in [6.45, 7) is 2.22. The van der Waals surface area contributed by atoms with E-state index >= 15 is 0 Å². The van der Waals surface area contributed by atoms with Crippen LogP contribution < -0.4 is 9.64 Å². The molecular formula is C23H24F6N2OS. The zero-order chi connectivity index (χ0) is 23.8. The number of pyridine rings is 1. The Hall–Kier alpha value is -2.10. The smallest absolute Gasteiger partial charge is 0.417 e. The molecule has 2 aliphatic rings. The SMILES string of the molecule is CCCOc1cc(C(F)(F)F)ccc1S[C@H]1C[C@H]2CC[C@@H](C1)N2c1ccc(C(F)(F)F)cn1. The lowest BCUT2D eigenvalue weighted by Gasteiger charge is -2.39. The Morgan fingerprint density at radius 3 is 2.15 bits per heavy atom. The van der Waals surface area contributed by atoms with E-state index in [2.05, 4.69) is 9.88 Å². The van der Waals surface area contributed by atoms with E-state index in [9.17, 15) is 26.3 Å². The van der Waals surface area contributed by atoms with E-state index in [1.165, 1.54) is 23.9 Å². The van der Waals surface area contributed by atoms with Crippen LogP contribution >= 0.6 is 11.8 Å². The third kappa shape index (κ3) is 5.36. The highest BCUT2D eigenvalue weighted by Crippen LogP contribution is 2.46. The molecule has 180 valence electrons. The van der Waals surface area contributed by atoms with Gasteiger partial charge in [0.25, 0.3) is 0 Å². The highest BCUT2D eigenvalue weighted by Gasteiger charge is 2.42. The fourth-order valence-electron chi connectivity index (χ4n) is 4.59. The van der Waals surface area contributed by atoms with Gasteiger partial charge in [-0.05, 0) is 62.4 Å². The van der Waals surface area contributed by atoms with Crippen molar-refractivity contribution in [3.05, 3.63) is 47.7 Å². The first-order chi connectivity index (χ1) is 15.6. The average molecular weight is 491 g/mol. The first-order valence-electron chi connectivity index (χ1n) is 10.9. The molecule has 0 N–H and O–H groups in total. The standard InChI is InChI=1S/C23H24F6N2OS/c1-2-9-32-19-10-14(22(24,25)26)3-7-20(19)33-18-11-16-5-6-17(12-18)31(16)21-8-4-15(13-30-21)23(27,28)29/h3-4,7-8,10,13,16-18H,2,5-6,9,11-12H2,1H3/t16-,17+,18+. The third-order valence-electron chi connectivity index (χ3n) is 6.06. The van der Waals surface area contributed by atoms with Crippen LogP contribution in [0.5, 0.6) is 5.75 Å². The highest BCUT2D eigenvalue weighted by molar-refractivity contribution is 8.00. The lowest BCUT2D eigenvalue weighted by Crippen LogP contribution is -2.44. The molecule has 1 aromatic heterocycles. The second-order valence-electron chi connectivity index (χ2n) is 8.41. The van der Waals surface area contributed by atoms with Crippen molar-refractivity contribution in [1.29, 1.82) is 0 Å². The molecule has 0 spiro atoms. The van der Waals surface area contributed by atoms with E-state index in [0.717, 1.165) is 50.1 Å². The minimum Gasteiger partial charge on any atom is -0.492 e. The number of benzene rings is 1. The lowest BCUT2D eigenvalue weighted by molar-refractivity contribution is -0.138. The van der Waals surface area contributed by atoms with Crippen LogP contribution in [0.2, 0.25) is 0 Å². The van der Waals surface area contributed by atoms with Crippen LogP contribution in [0.4, 0.5) is 32.2 Å². The maximum Gasteiger partial charge on any atom is 0.417 e. The number of halogens is 6. The van der Waals surface area contributed by atoms with Crippen LogP contribution in [-0.2, 0) is 12.4 Å². The van der Waals surface area contributed by atoms with Crippen LogP contribution in [-0.4, -0.2) is 28.9 Å². The predicted molar refractivity (Wildman–Crippen MR) is 115 cm³/mol. The third-order valence-corrected chi connectivity index (χ3v) is 7.37. The summed E-state index contributed by atoms with van der Waals surface area (Å²) in [6, 6.07) is 6.38. The molecule has 2 aliphatic heterocycles. The molecule has 0 amide bonds. The molecule has 3 nitrogen and oxygen atoms in total. The van der Waals surface area contributed by atoms with Crippen LogP contribution in [0.3, 0.4) is 0 Å². The molecule has 3 heterocycles. The molecule has 0 aliphatic carbocycles. The summed E-state index contributed by atoms with van der Waals surface area (Å²) >= 11 is 1.52. The molecule has 3 atom stereocenters. The predicted octanol–water partition coefficient (Wildman–Crippen LogP) is 7.20. The number of alkyl halides is 6. The summed E-state index contributed by atoms with van der Waals surface area (Å²) in [6.07, 6.45) is -3.93. The molecule has 0 saturated carbocycles. The van der Waals surface area contributed by atoms with Crippen LogP contribution in [0, 0.1) is 0 Å². The molecule has 2 aromatic rings. The Morgan fingerprint density at radius 1 is 0.970 bits per heavy atom. The number of aromatic nitrogens is 1. The Balaban J connectivity index is 1.48. The van der Waals surface area contributed by atoms with E-state index < -0.39 is 23.5 Å². The van der Waals surface area contributed by atoms with E-state index in [0.29, 0.717) is 23.7 Å². The van der Waals surface area contributed by atoms with Gasteiger partial charge in [0, 0.05) is 28.4 Å². The van der Waals surface area contributed by atoms with Gasteiger partial charge in [-0.2, -0.15) is 26.3 Å². The molecule has 2 saturated heterocycles. The molecule has 0 radical (unpaired) electrons. The monoisotopic (exact) mass is 490 g/mol. The van der Waals surface area contributed by atoms with Crippen LogP contribution in [0.15, 0.2) is 41.4 Å². The van der Waals surface area contributed by atoms with Gasteiger partial charge >= 0.3 is 12.4 Å². The first kappa shape index (κ1) is 24.0. The van der Waals surface area contributed by atoms with Crippen LogP contribution in [0.1, 0.15) is 50.2 Å². The number of ether oxygens (including phenoxy) is 1. The quantitative estimate of drug-likeness (QED) is 0.400. The van der Waals surface area contributed by atoms with Crippen molar-refractivity contribution in [3.8, 4) is 5.75 Å². The van der Waals surface area contributed by atoms with Crippen molar-refractivity contribution in [2.45, 2.75) is 73.6 Å². The number of hydrogen-bond acceptors (Lipinski definition) is 4. The van der Waals surface area contributed by atoms with Crippen LogP contribution in [0.25, 0.3) is 0 Å². The lowest BCUT2D eigenvalue weighted by atomic mass is 10.0. The minimum absolute atomic E-state index is 0.139. The van der Waals surface area contributed by atoms with Gasteiger partial charge < -0.3 is 9.64 Å². The number of nitrogens with zero attached hydrogens (tertiary/aromatic N) is 2. The Kier molecular flexibility index (Phi) is 6.75. The number of anilines is 1. The van der Waals surface area contributed by atoms with E-state index in [4.69, 9.17) is 4.74 Å². The molecule has 1 aromatic carbocycles. The topological polar surface area (TPSA) is 25.4 Å². The number of fused-ring (bicyclic) bond motifs is 2. The van der Waals surface area contributed by atoms with E-state index in [-0.39, 0.29) is 23.1 Å². The second kappa shape index (κ2) is 9.27. The summed E-state index contributed by atoms with van der Waals surface area (Å²) in [5, 5.41) is 0.175. The van der Waals surface area contributed by atoms with Crippen molar-refractivity contribution in [3.63, 3.8) is 0 Å². The average Bonchev–Trinajstić information content (AvgIpc) is 3.02. The Bertz CT molecular complexity index is 949.